The zero-order valence-corrected chi connectivity index (χ0v) is 23.7. The Morgan fingerprint density at radius 2 is 2.05 bits per heavy atom. The third-order valence-electron chi connectivity index (χ3n) is 8.44. The van der Waals surface area contributed by atoms with Crippen molar-refractivity contribution in [1.82, 2.24) is 15.5 Å². The Morgan fingerprint density at radius 3 is 2.73 bits per heavy atom. The second-order valence-corrected chi connectivity index (χ2v) is 12.0. The lowest BCUT2D eigenvalue weighted by molar-refractivity contribution is -0.0564. The zero-order valence-electron chi connectivity index (χ0n) is 23.0. The fraction of sp³-hybridized carbons (Fsp3) is 0.759. The Kier molecular flexibility index (Phi) is 11.5. The topological polar surface area (TPSA) is 94.1 Å². The average molecular weight is 538 g/mol. The van der Waals surface area contributed by atoms with E-state index in [1.165, 1.54) is 0 Å². The van der Waals surface area contributed by atoms with Crippen molar-refractivity contribution in [3.05, 3.63) is 34.9 Å². The molecule has 8 heteroatoms. The van der Waals surface area contributed by atoms with E-state index in [-0.39, 0.29) is 18.0 Å². The molecule has 7 nitrogen and oxygen atoms in total. The molecule has 1 unspecified atom stereocenters. The van der Waals surface area contributed by atoms with Gasteiger partial charge >= 0.3 is 6.03 Å². The number of benzene rings is 1. The summed E-state index contributed by atoms with van der Waals surface area (Å²) in [5.74, 6) is 0.435. The molecule has 1 heterocycles. The van der Waals surface area contributed by atoms with Crippen LogP contribution in [0.1, 0.15) is 76.7 Å². The van der Waals surface area contributed by atoms with Gasteiger partial charge in [-0.25, -0.2) is 4.79 Å². The first-order chi connectivity index (χ1) is 17.7. The molecule has 0 aromatic heterocycles. The molecule has 1 saturated heterocycles. The fourth-order valence-electron chi connectivity index (χ4n) is 6.18. The number of ether oxygens (including phenoxy) is 1. The number of amides is 2. The van der Waals surface area contributed by atoms with Gasteiger partial charge < -0.3 is 30.5 Å². The van der Waals surface area contributed by atoms with Gasteiger partial charge in [0.1, 0.15) is 0 Å². The number of hydrogen-bond acceptors (Lipinski definition) is 5. The summed E-state index contributed by atoms with van der Waals surface area (Å²) >= 11 is 6.31. The lowest BCUT2D eigenvalue weighted by atomic mass is 9.74. The summed E-state index contributed by atoms with van der Waals surface area (Å²) in [5, 5.41) is 29.5. The average Bonchev–Trinajstić information content (AvgIpc) is 2.88. The monoisotopic (exact) mass is 537 g/mol. The van der Waals surface area contributed by atoms with Crippen LogP contribution in [0.2, 0.25) is 5.02 Å². The van der Waals surface area contributed by atoms with Gasteiger partial charge in [0, 0.05) is 50.3 Å². The maximum absolute atomic E-state index is 13.4. The highest BCUT2D eigenvalue weighted by atomic mass is 35.5. The second kappa shape index (κ2) is 14.1. The first kappa shape index (κ1) is 30.2. The van der Waals surface area contributed by atoms with Gasteiger partial charge in [-0.3, -0.25) is 0 Å². The largest absolute Gasteiger partial charge is 0.390 e. The minimum Gasteiger partial charge on any atom is -0.390 e. The number of rotatable bonds is 12. The minimum absolute atomic E-state index is 0.0341. The van der Waals surface area contributed by atoms with E-state index in [4.69, 9.17) is 16.3 Å². The minimum atomic E-state index is -1.05. The molecule has 2 aliphatic rings. The van der Waals surface area contributed by atoms with Crippen molar-refractivity contribution in [2.45, 2.75) is 88.4 Å². The molecule has 3 atom stereocenters. The number of carbonyl (C=O) groups is 1. The van der Waals surface area contributed by atoms with Gasteiger partial charge in [-0.2, -0.15) is 0 Å². The van der Waals surface area contributed by atoms with Crippen LogP contribution < -0.4 is 10.6 Å². The molecule has 37 heavy (non-hydrogen) atoms. The van der Waals surface area contributed by atoms with E-state index in [9.17, 15) is 15.0 Å². The van der Waals surface area contributed by atoms with Crippen molar-refractivity contribution in [1.29, 1.82) is 0 Å². The number of aliphatic hydroxyl groups is 2. The van der Waals surface area contributed by atoms with Crippen molar-refractivity contribution in [3.63, 3.8) is 0 Å². The van der Waals surface area contributed by atoms with Crippen LogP contribution in [0, 0.1) is 11.8 Å². The highest BCUT2D eigenvalue weighted by Gasteiger charge is 2.41. The molecule has 1 aromatic carbocycles. The number of piperidine rings is 1. The molecule has 0 bridgehead atoms. The van der Waals surface area contributed by atoms with Crippen LogP contribution >= 0.6 is 11.6 Å². The van der Waals surface area contributed by atoms with Gasteiger partial charge in [0.05, 0.1) is 11.2 Å². The summed E-state index contributed by atoms with van der Waals surface area (Å²) in [7, 11) is 3.61. The van der Waals surface area contributed by atoms with E-state index < -0.39 is 11.2 Å². The van der Waals surface area contributed by atoms with E-state index in [1.807, 2.05) is 43.1 Å². The summed E-state index contributed by atoms with van der Waals surface area (Å²) in [4.78, 5) is 15.3. The zero-order chi connectivity index (χ0) is 26.9. The smallest absolute Gasteiger partial charge is 0.317 e. The molecule has 1 aliphatic carbocycles. The Hall–Kier alpha value is -1.38. The first-order valence-electron chi connectivity index (χ1n) is 14.1. The number of nitrogens with zero attached hydrogens (tertiary/aromatic N) is 1. The van der Waals surface area contributed by atoms with E-state index >= 15 is 0 Å². The standard InChI is InChI=1S/C29H48ClN3O4/c1-28(35)14-11-22(12-15-28)18-26(20-31-2)32-27(34)33-16-7-9-24(21-33)29(36,13-4-5-17-37-3)23-8-6-10-25(30)19-23/h6,8,10,19,22,24,26,31,35-36H,4-5,7,9,11-18,20-21H2,1-3H3,(H,32,34)/t22?,24-,26?,28?,29-/m1/s1. The molecule has 2 fully saturated rings. The predicted octanol–water partition coefficient (Wildman–Crippen LogP) is 4.69. The fourth-order valence-corrected chi connectivity index (χ4v) is 6.37. The van der Waals surface area contributed by atoms with Crippen LogP contribution in [-0.4, -0.2) is 73.2 Å². The molecule has 2 amide bonds. The van der Waals surface area contributed by atoms with Crippen molar-refractivity contribution < 1.29 is 19.7 Å². The maximum Gasteiger partial charge on any atom is 0.317 e. The van der Waals surface area contributed by atoms with Crippen molar-refractivity contribution in [3.8, 4) is 0 Å². The molecule has 3 rings (SSSR count). The molecular formula is C29H48ClN3O4. The Balaban J connectivity index is 1.66. The number of likely N-dealkylation sites (tertiary alicyclic amines) is 1. The van der Waals surface area contributed by atoms with E-state index in [2.05, 4.69) is 10.6 Å². The third-order valence-corrected chi connectivity index (χ3v) is 8.68. The number of nitrogens with one attached hydrogen (secondary N) is 2. The molecule has 0 spiro atoms. The van der Waals surface area contributed by atoms with E-state index in [0.717, 1.165) is 63.4 Å². The lowest BCUT2D eigenvalue weighted by Crippen LogP contribution is -2.54. The van der Waals surface area contributed by atoms with Crippen LogP contribution in [0.15, 0.2) is 24.3 Å². The van der Waals surface area contributed by atoms with Crippen LogP contribution in [0.5, 0.6) is 0 Å². The molecule has 0 radical (unpaired) electrons. The maximum atomic E-state index is 13.4. The first-order valence-corrected chi connectivity index (χ1v) is 14.4. The molecular weight excluding hydrogens is 490 g/mol. The molecule has 1 aliphatic heterocycles. The van der Waals surface area contributed by atoms with Crippen molar-refractivity contribution in [2.24, 2.45) is 11.8 Å². The second-order valence-electron chi connectivity index (χ2n) is 11.5. The highest BCUT2D eigenvalue weighted by Crippen LogP contribution is 2.40. The molecule has 1 aromatic rings. The van der Waals surface area contributed by atoms with Gasteiger partial charge in [-0.05, 0) is 102 Å². The summed E-state index contributed by atoms with van der Waals surface area (Å²) in [5.41, 5.74) is -0.781. The van der Waals surface area contributed by atoms with Crippen LogP contribution in [0.3, 0.4) is 0 Å². The number of halogens is 1. The molecule has 4 N–H and O–H groups in total. The van der Waals surface area contributed by atoms with Crippen molar-refractivity contribution >= 4 is 17.6 Å². The number of carbonyl (C=O) groups excluding carboxylic acids is 1. The van der Waals surface area contributed by atoms with Gasteiger partial charge in [0.15, 0.2) is 0 Å². The highest BCUT2D eigenvalue weighted by molar-refractivity contribution is 6.30. The number of unbranched alkanes of at least 4 members (excludes halogenated alkanes) is 1. The van der Waals surface area contributed by atoms with E-state index in [1.54, 1.807) is 7.11 Å². The summed E-state index contributed by atoms with van der Waals surface area (Å²) in [6.45, 7) is 4.50. The predicted molar refractivity (Wildman–Crippen MR) is 149 cm³/mol. The SMILES string of the molecule is CNCC(CC1CCC(C)(O)CC1)NC(=O)N1CCC[C@@H]([C@@](O)(CCCCOC)c2cccc(Cl)c2)C1. The van der Waals surface area contributed by atoms with Gasteiger partial charge in [0.25, 0.3) is 0 Å². The Labute approximate surface area is 228 Å². The number of likely N-dealkylation sites (N-methyl/N-ethyl adjacent to an activating group) is 1. The van der Waals surface area contributed by atoms with Gasteiger partial charge in [-0.1, -0.05) is 23.7 Å². The Bertz CT molecular complexity index is 844. The number of urea groups is 1. The van der Waals surface area contributed by atoms with Crippen LogP contribution in [0.4, 0.5) is 4.79 Å². The molecule has 210 valence electrons. The van der Waals surface area contributed by atoms with E-state index in [0.29, 0.717) is 43.6 Å². The lowest BCUT2D eigenvalue weighted by Gasteiger charge is -2.43. The quantitative estimate of drug-likeness (QED) is 0.290. The van der Waals surface area contributed by atoms with Gasteiger partial charge in [-0.15, -0.1) is 0 Å². The number of methoxy groups -OCH3 is 1. The van der Waals surface area contributed by atoms with Crippen molar-refractivity contribution in [2.75, 3.05) is 40.4 Å². The number of hydrogen-bond donors (Lipinski definition) is 4. The summed E-state index contributed by atoms with van der Waals surface area (Å²) in [6.07, 6.45) is 8.55. The van der Waals surface area contributed by atoms with Crippen LogP contribution in [-0.2, 0) is 10.3 Å². The van der Waals surface area contributed by atoms with Gasteiger partial charge in [0.2, 0.25) is 0 Å². The summed E-state index contributed by atoms with van der Waals surface area (Å²) < 4.78 is 5.22. The van der Waals surface area contributed by atoms with Crippen LogP contribution in [0.25, 0.3) is 0 Å². The normalized spacial score (nSPS) is 26.9. The Morgan fingerprint density at radius 1 is 1.30 bits per heavy atom. The molecule has 1 saturated carbocycles. The summed E-state index contributed by atoms with van der Waals surface area (Å²) in [6, 6.07) is 7.50. The third kappa shape index (κ3) is 8.82.